The van der Waals surface area contributed by atoms with Gasteiger partial charge in [0, 0.05) is 51.1 Å². The SMILES string of the molecule is NC(=O)CCN1CCN(C[C@@H]2CC2(c2ccccc2)c2ccccc2)CC1. The van der Waals surface area contributed by atoms with Gasteiger partial charge in [0.05, 0.1) is 0 Å². The molecule has 2 aliphatic rings. The van der Waals surface area contributed by atoms with E-state index in [9.17, 15) is 4.79 Å². The molecule has 142 valence electrons. The minimum atomic E-state index is -0.203. The fourth-order valence-electron chi connectivity index (χ4n) is 4.67. The van der Waals surface area contributed by atoms with Crippen molar-refractivity contribution in [3.05, 3.63) is 71.8 Å². The molecule has 4 nitrogen and oxygen atoms in total. The van der Waals surface area contributed by atoms with E-state index in [0.717, 1.165) is 39.3 Å². The van der Waals surface area contributed by atoms with E-state index in [2.05, 4.69) is 70.5 Å². The molecule has 1 saturated carbocycles. The number of nitrogens with zero attached hydrogens (tertiary/aromatic N) is 2. The number of carbonyl (C=O) groups excluding carboxylic acids is 1. The predicted octanol–water partition coefficient (Wildman–Crippen LogP) is 2.49. The Morgan fingerprint density at radius 2 is 1.41 bits per heavy atom. The number of piperazine rings is 1. The number of benzene rings is 2. The minimum absolute atomic E-state index is 0.172. The summed E-state index contributed by atoms with van der Waals surface area (Å²) in [7, 11) is 0. The van der Waals surface area contributed by atoms with Crippen LogP contribution in [0.4, 0.5) is 0 Å². The third-order valence-corrected chi connectivity index (χ3v) is 6.30. The van der Waals surface area contributed by atoms with E-state index < -0.39 is 0 Å². The third-order valence-electron chi connectivity index (χ3n) is 6.30. The van der Waals surface area contributed by atoms with Crippen molar-refractivity contribution < 1.29 is 4.79 Å². The highest BCUT2D eigenvalue weighted by molar-refractivity contribution is 5.73. The fraction of sp³-hybridized carbons (Fsp3) is 0.435. The quantitative estimate of drug-likeness (QED) is 0.822. The van der Waals surface area contributed by atoms with Gasteiger partial charge in [0.15, 0.2) is 0 Å². The first kappa shape index (κ1) is 18.2. The molecule has 1 atom stereocenters. The molecule has 4 rings (SSSR count). The molecule has 2 fully saturated rings. The number of rotatable bonds is 7. The molecule has 27 heavy (non-hydrogen) atoms. The van der Waals surface area contributed by atoms with E-state index in [1.165, 1.54) is 17.5 Å². The maximum atomic E-state index is 11.0. The van der Waals surface area contributed by atoms with Crippen molar-refractivity contribution in [3.63, 3.8) is 0 Å². The minimum Gasteiger partial charge on any atom is -0.370 e. The van der Waals surface area contributed by atoms with Crippen LogP contribution in [0.2, 0.25) is 0 Å². The lowest BCUT2D eigenvalue weighted by Crippen LogP contribution is -2.47. The molecule has 4 heteroatoms. The Morgan fingerprint density at radius 1 is 0.889 bits per heavy atom. The summed E-state index contributed by atoms with van der Waals surface area (Å²) in [5.74, 6) is 0.463. The summed E-state index contributed by atoms with van der Waals surface area (Å²) < 4.78 is 0. The van der Waals surface area contributed by atoms with E-state index in [0.29, 0.717) is 12.3 Å². The van der Waals surface area contributed by atoms with E-state index in [4.69, 9.17) is 5.73 Å². The monoisotopic (exact) mass is 363 g/mol. The van der Waals surface area contributed by atoms with E-state index in [1.807, 2.05) is 0 Å². The summed E-state index contributed by atoms with van der Waals surface area (Å²) in [6.07, 6.45) is 1.69. The molecule has 0 radical (unpaired) electrons. The molecule has 0 spiro atoms. The van der Waals surface area contributed by atoms with Crippen molar-refractivity contribution in [2.45, 2.75) is 18.3 Å². The highest BCUT2D eigenvalue weighted by Crippen LogP contribution is 2.59. The molecule has 1 heterocycles. The average molecular weight is 364 g/mol. The molecular weight excluding hydrogens is 334 g/mol. The number of hydrogen-bond acceptors (Lipinski definition) is 3. The zero-order valence-corrected chi connectivity index (χ0v) is 15.9. The average Bonchev–Trinajstić information content (AvgIpc) is 3.44. The smallest absolute Gasteiger partial charge is 0.218 e. The summed E-state index contributed by atoms with van der Waals surface area (Å²) in [6, 6.07) is 22.0. The van der Waals surface area contributed by atoms with Crippen LogP contribution in [-0.2, 0) is 10.2 Å². The molecular formula is C23H29N3O. The Kier molecular flexibility index (Phi) is 5.28. The van der Waals surface area contributed by atoms with Crippen LogP contribution in [0.1, 0.15) is 24.0 Å². The van der Waals surface area contributed by atoms with Gasteiger partial charge in [0.2, 0.25) is 5.91 Å². The van der Waals surface area contributed by atoms with Gasteiger partial charge in [-0.1, -0.05) is 60.7 Å². The molecule has 0 bridgehead atoms. The van der Waals surface area contributed by atoms with Crippen LogP contribution in [0.3, 0.4) is 0 Å². The van der Waals surface area contributed by atoms with Gasteiger partial charge in [-0.05, 0) is 23.5 Å². The standard InChI is InChI=1S/C23H29N3O/c24-22(27)11-12-25-13-15-26(16-14-25)18-21-17-23(21,19-7-3-1-4-8-19)20-9-5-2-6-10-20/h1-10,21H,11-18H2,(H2,24,27)/t21-/m0/s1. The maximum absolute atomic E-state index is 11.0. The lowest BCUT2D eigenvalue weighted by atomic mass is 9.85. The lowest BCUT2D eigenvalue weighted by Gasteiger charge is -2.35. The van der Waals surface area contributed by atoms with Crippen LogP contribution < -0.4 is 5.73 Å². The largest absolute Gasteiger partial charge is 0.370 e. The molecule has 1 aliphatic carbocycles. The van der Waals surface area contributed by atoms with Gasteiger partial charge in [0.1, 0.15) is 0 Å². The summed E-state index contributed by atoms with van der Waals surface area (Å²) in [5, 5.41) is 0. The number of carbonyl (C=O) groups is 1. The van der Waals surface area contributed by atoms with Crippen LogP contribution in [0.15, 0.2) is 60.7 Å². The Bertz CT molecular complexity index is 714. The van der Waals surface area contributed by atoms with E-state index in [-0.39, 0.29) is 11.3 Å². The maximum Gasteiger partial charge on any atom is 0.218 e. The van der Waals surface area contributed by atoms with Gasteiger partial charge in [-0.2, -0.15) is 0 Å². The van der Waals surface area contributed by atoms with Gasteiger partial charge in [-0.3, -0.25) is 4.79 Å². The first-order chi connectivity index (χ1) is 13.2. The highest BCUT2D eigenvalue weighted by Gasteiger charge is 2.56. The Labute approximate surface area is 162 Å². The number of amides is 1. The molecule has 2 aromatic carbocycles. The second kappa shape index (κ2) is 7.83. The summed E-state index contributed by atoms with van der Waals surface area (Å²) in [6.45, 7) is 6.16. The van der Waals surface area contributed by atoms with Gasteiger partial charge in [-0.15, -0.1) is 0 Å². The van der Waals surface area contributed by atoms with Crippen LogP contribution in [0.25, 0.3) is 0 Å². The zero-order chi connectivity index (χ0) is 18.7. The summed E-state index contributed by atoms with van der Waals surface area (Å²) in [4.78, 5) is 15.9. The Morgan fingerprint density at radius 3 is 1.93 bits per heavy atom. The van der Waals surface area contributed by atoms with Crippen molar-refractivity contribution in [2.24, 2.45) is 11.7 Å². The van der Waals surface area contributed by atoms with Gasteiger partial charge >= 0.3 is 0 Å². The third kappa shape index (κ3) is 3.92. The molecule has 2 N–H and O–H groups in total. The highest BCUT2D eigenvalue weighted by atomic mass is 16.1. The molecule has 1 aliphatic heterocycles. The van der Waals surface area contributed by atoms with Crippen molar-refractivity contribution in [1.29, 1.82) is 0 Å². The summed E-state index contributed by atoms with van der Waals surface area (Å²) >= 11 is 0. The number of nitrogens with two attached hydrogens (primary N) is 1. The number of hydrogen-bond donors (Lipinski definition) is 1. The molecule has 2 aromatic rings. The van der Waals surface area contributed by atoms with Crippen LogP contribution >= 0.6 is 0 Å². The zero-order valence-electron chi connectivity index (χ0n) is 15.9. The van der Waals surface area contributed by atoms with Gasteiger partial charge in [0.25, 0.3) is 0 Å². The first-order valence-corrected chi connectivity index (χ1v) is 10.0. The van der Waals surface area contributed by atoms with Crippen molar-refractivity contribution in [1.82, 2.24) is 9.80 Å². The lowest BCUT2D eigenvalue weighted by molar-refractivity contribution is -0.118. The second-order valence-corrected chi connectivity index (χ2v) is 7.96. The van der Waals surface area contributed by atoms with E-state index >= 15 is 0 Å². The summed E-state index contributed by atoms with van der Waals surface area (Å²) in [5.41, 5.74) is 8.34. The molecule has 0 aromatic heterocycles. The van der Waals surface area contributed by atoms with Crippen LogP contribution in [0.5, 0.6) is 0 Å². The van der Waals surface area contributed by atoms with Gasteiger partial charge in [-0.25, -0.2) is 0 Å². The van der Waals surface area contributed by atoms with Crippen molar-refractivity contribution >= 4 is 5.91 Å². The van der Waals surface area contributed by atoms with Crippen LogP contribution in [-0.4, -0.2) is 55.0 Å². The van der Waals surface area contributed by atoms with Crippen molar-refractivity contribution in [3.8, 4) is 0 Å². The normalized spacial score (nSPS) is 22.4. The second-order valence-electron chi connectivity index (χ2n) is 7.96. The topological polar surface area (TPSA) is 49.6 Å². The predicted molar refractivity (Wildman–Crippen MR) is 108 cm³/mol. The fourth-order valence-corrected chi connectivity index (χ4v) is 4.67. The van der Waals surface area contributed by atoms with Crippen molar-refractivity contribution in [2.75, 3.05) is 39.3 Å². The van der Waals surface area contributed by atoms with Gasteiger partial charge < -0.3 is 15.5 Å². The van der Waals surface area contributed by atoms with Crippen LogP contribution in [0, 0.1) is 5.92 Å². The molecule has 0 unspecified atom stereocenters. The van der Waals surface area contributed by atoms with E-state index in [1.54, 1.807) is 0 Å². The molecule has 1 saturated heterocycles. The first-order valence-electron chi connectivity index (χ1n) is 10.0. The number of primary amides is 1. The Hall–Kier alpha value is -2.17. The Balaban J connectivity index is 1.41. The molecule has 1 amide bonds.